The zero-order chi connectivity index (χ0) is 20.8. The largest absolute Gasteiger partial charge is 0.467 e. The summed E-state index contributed by atoms with van der Waals surface area (Å²) in [6.45, 7) is 3.95. The SMILES string of the molecule is COC(=O)C(Cc1ccccc1)NC(=O)c1cccc(-c2nnnn2C(C)C)c1. The fourth-order valence-electron chi connectivity index (χ4n) is 2.96. The second kappa shape index (κ2) is 9.09. The topological polar surface area (TPSA) is 99.0 Å². The van der Waals surface area contributed by atoms with Crippen molar-refractivity contribution in [3.8, 4) is 11.4 Å². The average molecular weight is 393 g/mol. The Bertz CT molecular complexity index is 985. The maximum absolute atomic E-state index is 12.8. The van der Waals surface area contributed by atoms with E-state index in [1.807, 2.05) is 50.2 Å². The van der Waals surface area contributed by atoms with Crippen LogP contribution in [0.3, 0.4) is 0 Å². The molecule has 1 amide bonds. The minimum Gasteiger partial charge on any atom is -0.467 e. The molecule has 3 rings (SSSR count). The van der Waals surface area contributed by atoms with Gasteiger partial charge in [-0.3, -0.25) is 4.79 Å². The first-order valence-electron chi connectivity index (χ1n) is 9.30. The Hall–Kier alpha value is -3.55. The summed E-state index contributed by atoms with van der Waals surface area (Å²) in [5, 5.41) is 14.5. The van der Waals surface area contributed by atoms with E-state index in [4.69, 9.17) is 4.74 Å². The summed E-state index contributed by atoms with van der Waals surface area (Å²) in [6, 6.07) is 15.7. The molecule has 0 aliphatic heterocycles. The van der Waals surface area contributed by atoms with Crippen molar-refractivity contribution in [3.05, 3.63) is 65.7 Å². The molecule has 1 heterocycles. The number of esters is 1. The third-order valence-electron chi connectivity index (χ3n) is 4.44. The average Bonchev–Trinajstić information content (AvgIpc) is 3.24. The molecule has 8 nitrogen and oxygen atoms in total. The van der Waals surface area contributed by atoms with E-state index in [9.17, 15) is 9.59 Å². The van der Waals surface area contributed by atoms with E-state index < -0.39 is 12.0 Å². The van der Waals surface area contributed by atoms with Crippen LogP contribution < -0.4 is 5.32 Å². The molecule has 3 aromatic rings. The molecule has 1 N–H and O–H groups in total. The van der Waals surface area contributed by atoms with Gasteiger partial charge in [-0.25, -0.2) is 9.48 Å². The molecule has 0 spiro atoms. The zero-order valence-corrected chi connectivity index (χ0v) is 16.6. The molecule has 29 heavy (non-hydrogen) atoms. The van der Waals surface area contributed by atoms with Gasteiger partial charge >= 0.3 is 5.97 Å². The summed E-state index contributed by atoms with van der Waals surface area (Å²) in [6.07, 6.45) is 0.338. The Morgan fingerprint density at radius 1 is 1.10 bits per heavy atom. The van der Waals surface area contributed by atoms with Crippen LogP contribution in [0.4, 0.5) is 0 Å². The van der Waals surface area contributed by atoms with Crippen LogP contribution >= 0.6 is 0 Å². The van der Waals surface area contributed by atoms with Crippen molar-refractivity contribution in [2.75, 3.05) is 7.11 Å². The first-order valence-corrected chi connectivity index (χ1v) is 9.30. The number of aromatic nitrogens is 4. The van der Waals surface area contributed by atoms with Crippen LogP contribution in [0.2, 0.25) is 0 Å². The molecule has 1 aromatic heterocycles. The molecule has 0 radical (unpaired) electrons. The van der Waals surface area contributed by atoms with Crippen molar-refractivity contribution in [1.29, 1.82) is 0 Å². The van der Waals surface area contributed by atoms with Crippen molar-refractivity contribution in [3.63, 3.8) is 0 Å². The van der Waals surface area contributed by atoms with Crippen molar-refractivity contribution in [1.82, 2.24) is 25.5 Å². The van der Waals surface area contributed by atoms with Crippen LogP contribution in [0, 0.1) is 0 Å². The standard InChI is InChI=1S/C21H23N5O3/c1-14(2)26-19(23-24-25-26)16-10-7-11-17(13-16)20(27)22-18(21(28)29-3)12-15-8-5-4-6-9-15/h4-11,13-14,18H,12H2,1-3H3,(H,22,27). The van der Waals surface area contributed by atoms with Gasteiger partial charge in [-0.15, -0.1) is 5.10 Å². The number of methoxy groups -OCH3 is 1. The quantitative estimate of drug-likeness (QED) is 0.619. The minimum absolute atomic E-state index is 0.0760. The van der Waals surface area contributed by atoms with E-state index in [1.165, 1.54) is 7.11 Å². The van der Waals surface area contributed by atoms with E-state index in [2.05, 4.69) is 20.8 Å². The van der Waals surface area contributed by atoms with Gasteiger partial charge in [0.15, 0.2) is 5.82 Å². The van der Waals surface area contributed by atoms with Crippen LogP contribution in [-0.4, -0.2) is 45.2 Å². The van der Waals surface area contributed by atoms with Crippen LogP contribution in [0.25, 0.3) is 11.4 Å². The number of ether oxygens (including phenoxy) is 1. The fourth-order valence-corrected chi connectivity index (χ4v) is 2.96. The van der Waals surface area contributed by atoms with Gasteiger partial charge in [0.25, 0.3) is 5.91 Å². The molecule has 0 aliphatic carbocycles. The predicted octanol–water partition coefficient (Wildman–Crippen LogP) is 2.44. The summed E-state index contributed by atoms with van der Waals surface area (Å²) in [5.74, 6) is -0.299. The second-order valence-electron chi connectivity index (χ2n) is 6.86. The zero-order valence-electron chi connectivity index (χ0n) is 16.6. The summed E-state index contributed by atoms with van der Waals surface area (Å²) >= 11 is 0. The second-order valence-corrected chi connectivity index (χ2v) is 6.86. The number of nitrogens with one attached hydrogen (secondary N) is 1. The molecule has 1 atom stereocenters. The Kier molecular flexibility index (Phi) is 6.33. The summed E-state index contributed by atoms with van der Waals surface area (Å²) < 4.78 is 6.55. The molecule has 8 heteroatoms. The van der Waals surface area contributed by atoms with Crippen molar-refractivity contribution >= 4 is 11.9 Å². The monoisotopic (exact) mass is 393 g/mol. The number of hydrogen-bond donors (Lipinski definition) is 1. The summed E-state index contributed by atoms with van der Waals surface area (Å²) in [4.78, 5) is 25.0. The lowest BCUT2D eigenvalue weighted by molar-refractivity contribution is -0.142. The maximum Gasteiger partial charge on any atom is 0.328 e. The third kappa shape index (κ3) is 4.84. The van der Waals surface area contributed by atoms with E-state index >= 15 is 0 Å². The smallest absolute Gasteiger partial charge is 0.328 e. The highest BCUT2D eigenvalue weighted by atomic mass is 16.5. The van der Waals surface area contributed by atoms with Crippen LogP contribution in [0.15, 0.2) is 54.6 Å². The Morgan fingerprint density at radius 3 is 2.55 bits per heavy atom. The lowest BCUT2D eigenvalue weighted by Gasteiger charge is -2.17. The minimum atomic E-state index is -0.792. The highest BCUT2D eigenvalue weighted by Gasteiger charge is 2.23. The molecule has 1 unspecified atom stereocenters. The van der Waals surface area contributed by atoms with Gasteiger partial charge in [0.2, 0.25) is 0 Å². The Labute approximate surface area is 168 Å². The first kappa shape index (κ1) is 20.2. The number of carbonyl (C=O) groups excluding carboxylic acids is 2. The first-order chi connectivity index (χ1) is 14.0. The molecular weight excluding hydrogens is 370 g/mol. The number of nitrogens with zero attached hydrogens (tertiary/aromatic N) is 4. The molecule has 0 saturated carbocycles. The molecular formula is C21H23N5O3. The van der Waals surface area contributed by atoms with Crippen molar-refractivity contribution in [2.45, 2.75) is 32.4 Å². The maximum atomic E-state index is 12.8. The summed E-state index contributed by atoms with van der Waals surface area (Å²) in [7, 11) is 1.30. The van der Waals surface area contributed by atoms with E-state index in [-0.39, 0.29) is 11.9 Å². The van der Waals surface area contributed by atoms with Crippen LogP contribution in [-0.2, 0) is 16.0 Å². The van der Waals surface area contributed by atoms with Crippen LogP contribution in [0.1, 0.15) is 35.8 Å². The van der Waals surface area contributed by atoms with Gasteiger partial charge in [0.05, 0.1) is 13.2 Å². The highest BCUT2D eigenvalue weighted by Crippen LogP contribution is 2.20. The van der Waals surface area contributed by atoms with Crippen molar-refractivity contribution in [2.24, 2.45) is 0 Å². The highest BCUT2D eigenvalue weighted by molar-refractivity contribution is 5.97. The molecule has 0 bridgehead atoms. The van der Waals surface area contributed by atoms with Gasteiger partial charge in [-0.05, 0) is 42.0 Å². The van der Waals surface area contributed by atoms with Gasteiger partial charge < -0.3 is 10.1 Å². The van der Waals surface area contributed by atoms with Gasteiger partial charge in [0.1, 0.15) is 6.04 Å². The normalized spacial score (nSPS) is 11.9. The predicted molar refractivity (Wildman–Crippen MR) is 107 cm³/mol. The number of hydrogen-bond acceptors (Lipinski definition) is 6. The van der Waals surface area contributed by atoms with E-state index in [0.29, 0.717) is 23.4 Å². The molecule has 0 saturated heterocycles. The lowest BCUT2D eigenvalue weighted by atomic mass is 10.0. The molecule has 0 fully saturated rings. The number of tetrazole rings is 1. The summed E-state index contributed by atoms with van der Waals surface area (Å²) in [5.41, 5.74) is 2.05. The molecule has 0 aliphatic rings. The Balaban J connectivity index is 1.81. The van der Waals surface area contributed by atoms with Crippen LogP contribution in [0.5, 0.6) is 0 Å². The number of amides is 1. The number of rotatable bonds is 7. The van der Waals surface area contributed by atoms with Gasteiger partial charge in [0, 0.05) is 17.5 Å². The van der Waals surface area contributed by atoms with Crippen molar-refractivity contribution < 1.29 is 14.3 Å². The van der Waals surface area contributed by atoms with E-state index in [1.54, 1.807) is 22.9 Å². The third-order valence-corrected chi connectivity index (χ3v) is 4.44. The van der Waals surface area contributed by atoms with E-state index in [0.717, 1.165) is 5.56 Å². The Morgan fingerprint density at radius 2 is 1.86 bits per heavy atom. The van der Waals surface area contributed by atoms with Gasteiger partial charge in [-0.1, -0.05) is 42.5 Å². The molecule has 150 valence electrons. The molecule has 2 aromatic carbocycles. The lowest BCUT2D eigenvalue weighted by Crippen LogP contribution is -2.43. The number of carbonyl (C=O) groups is 2. The number of benzene rings is 2. The fraction of sp³-hybridized carbons (Fsp3) is 0.286. The van der Waals surface area contributed by atoms with Gasteiger partial charge in [-0.2, -0.15) is 0 Å².